The summed E-state index contributed by atoms with van der Waals surface area (Å²) in [5, 5.41) is 10.0. The van der Waals surface area contributed by atoms with Crippen LogP contribution in [0.5, 0.6) is 11.5 Å². The van der Waals surface area contributed by atoms with Gasteiger partial charge >= 0.3 is 0 Å². The van der Waals surface area contributed by atoms with Crippen LogP contribution >= 0.6 is 0 Å². The van der Waals surface area contributed by atoms with Crippen molar-refractivity contribution in [2.24, 2.45) is 0 Å². The van der Waals surface area contributed by atoms with Crippen LogP contribution < -0.4 is 9.47 Å². The molecular formula is C14H15F2NO3. The van der Waals surface area contributed by atoms with Crippen molar-refractivity contribution in [2.45, 2.75) is 37.5 Å². The van der Waals surface area contributed by atoms with Crippen LogP contribution in [0.15, 0.2) is 12.1 Å². The van der Waals surface area contributed by atoms with E-state index in [9.17, 15) is 13.9 Å². The number of benzene rings is 1. The second-order valence-electron chi connectivity index (χ2n) is 4.69. The van der Waals surface area contributed by atoms with E-state index >= 15 is 0 Å². The van der Waals surface area contributed by atoms with Crippen LogP contribution in [-0.4, -0.2) is 30.5 Å². The number of halogens is 2. The Kier molecular flexibility index (Phi) is 4.40. The summed E-state index contributed by atoms with van der Waals surface area (Å²) in [5.74, 6) is -1.99. The topological polar surface area (TPSA) is 43.0 Å². The zero-order chi connectivity index (χ0) is 14.7. The second kappa shape index (κ2) is 6.06. The van der Waals surface area contributed by atoms with Crippen LogP contribution in [0, 0.1) is 18.2 Å². The van der Waals surface area contributed by atoms with Gasteiger partial charge in [0.25, 0.3) is 6.04 Å². The fourth-order valence-corrected chi connectivity index (χ4v) is 2.31. The fraction of sp³-hybridized carbons (Fsp3) is 0.500. The first-order chi connectivity index (χ1) is 9.56. The lowest BCUT2D eigenvalue weighted by molar-refractivity contribution is 0.00110. The molecule has 0 bridgehead atoms. The molecule has 1 saturated carbocycles. The Morgan fingerprint density at radius 1 is 1.25 bits per heavy atom. The van der Waals surface area contributed by atoms with Gasteiger partial charge in [-0.25, -0.2) is 15.4 Å². The highest BCUT2D eigenvalue weighted by atomic mass is 19.2. The molecule has 1 fully saturated rings. The first-order valence-corrected chi connectivity index (χ1v) is 6.31. The standard InChI is InChI=1S/C14H15F2NO3/c1-17-10-4-3-5-11(14(10)18)20-13-7-9(16)8(15)6-12(13)19-2/h6-7,10-11,14,18H,3-5H2,2H3/t10-,11?,14+/m0/s1. The van der Waals surface area contributed by atoms with Crippen LogP contribution in [0.4, 0.5) is 8.78 Å². The van der Waals surface area contributed by atoms with E-state index in [0.29, 0.717) is 12.8 Å². The fourth-order valence-electron chi connectivity index (χ4n) is 2.31. The molecule has 0 heterocycles. The molecular weight excluding hydrogens is 268 g/mol. The molecule has 1 N–H and O–H groups in total. The van der Waals surface area contributed by atoms with Gasteiger partial charge in [0.1, 0.15) is 6.10 Å². The molecule has 0 saturated heterocycles. The Morgan fingerprint density at radius 3 is 2.50 bits per heavy atom. The minimum atomic E-state index is -1.05. The highest BCUT2D eigenvalue weighted by Crippen LogP contribution is 2.33. The number of aliphatic hydroxyl groups is 1. The third-order valence-corrected chi connectivity index (χ3v) is 3.41. The zero-order valence-electron chi connectivity index (χ0n) is 11.0. The molecule has 0 spiro atoms. The third kappa shape index (κ3) is 2.83. The van der Waals surface area contributed by atoms with Gasteiger partial charge in [0.2, 0.25) is 0 Å². The Morgan fingerprint density at radius 2 is 1.90 bits per heavy atom. The average molecular weight is 283 g/mol. The SMILES string of the molecule is [C-]#[N+][C@H]1CCCC(Oc2cc(F)c(F)cc2OC)[C@@H]1O. The van der Waals surface area contributed by atoms with Gasteiger partial charge in [0, 0.05) is 18.6 Å². The van der Waals surface area contributed by atoms with Crippen molar-refractivity contribution in [3.05, 3.63) is 35.2 Å². The molecule has 0 aliphatic heterocycles. The van der Waals surface area contributed by atoms with Gasteiger partial charge in [-0.05, 0) is 12.8 Å². The molecule has 6 heteroatoms. The van der Waals surface area contributed by atoms with Crippen LogP contribution in [0.25, 0.3) is 4.85 Å². The van der Waals surface area contributed by atoms with Gasteiger partial charge in [0.15, 0.2) is 29.2 Å². The molecule has 0 radical (unpaired) electrons. The molecule has 108 valence electrons. The molecule has 1 unspecified atom stereocenters. The van der Waals surface area contributed by atoms with E-state index in [1.807, 2.05) is 0 Å². The average Bonchev–Trinajstić information content (AvgIpc) is 2.44. The van der Waals surface area contributed by atoms with Crippen LogP contribution in [0.3, 0.4) is 0 Å². The lowest BCUT2D eigenvalue weighted by Crippen LogP contribution is -2.43. The predicted octanol–water partition coefficient (Wildman–Crippen LogP) is 2.55. The van der Waals surface area contributed by atoms with E-state index in [2.05, 4.69) is 4.85 Å². The molecule has 20 heavy (non-hydrogen) atoms. The number of ether oxygens (including phenoxy) is 2. The first kappa shape index (κ1) is 14.5. The normalized spacial score (nSPS) is 25.9. The molecule has 1 aliphatic carbocycles. The smallest absolute Gasteiger partial charge is 0.252 e. The van der Waals surface area contributed by atoms with Crippen molar-refractivity contribution in [3.63, 3.8) is 0 Å². The predicted molar refractivity (Wildman–Crippen MR) is 67.6 cm³/mol. The Labute approximate surface area is 115 Å². The molecule has 1 aromatic carbocycles. The van der Waals surface area contributed by atoms with Crippen molar-refractivity contribution in [3.8, 4) is 11.5 Å². The quantitative estimate of drug-likeness (QED) is 0.867. The molecule has 1 aromatic rings. The number of nitrogens with zero attached hydrogens (tertiary/aromatic N) is 1. The van der Waals surface area contributed by atoms with Gasteiger partial charge in [-0.3, -0.25) is 0 Å². The number of hydrogen-bond donors (Lipinski definition) is 1. The largest absolute Gasteiger partial charge is 0.493 e. The monoisotopic (exact) mass is 283 g/mol. The van der Waals surface area contributed by atoms with E-state index in [-0.39, 0.29) is 11.5 Å². The first-order valence-electron chi connectivity index (χ1n) is 6.31. The Bertz CT molecular complexity index is 530. The van der Waals surface area contributed by atoms with E-state index in [1.54, 1.807) is 0 Å². The lowest BCUT2D eigenvalue weighted by atomic mass is 9.90. The van der Waals surface area contributed by atoms with Crippen molar-refractivity contribution < 1.29 is 23.4 Å². The Balaban J connectivity index is 2.21. The van der Waals surface area contributed by atoms with Crippen LogP contribution in [0.1, 0.15) is 19.3 Å². The maximum absolute atomic E-state index is 13.3. The number of methoxy groups -OCH3 is 1. The zero-order valence-corrected chi connectivity index (χ0v) is 11.0. The van der Waals surface area contributed by atoms with E-state index in [0.717, 1.165) is 18.6 Å². The van der Waals surface area contributed by atoms with Gasteiger partial charge in [-0.2, -0.15) is 0 Å². The molecule has 0 amide bonds. The highest BCUT2D eigenvalue weighted by molar-refractivity contribution is 5.41. The van der Waals surface area contributed by atoms with Gasteiger partial charge in [-0.1, -0.05) is 0 Å². The summed E-state index contributed by atoms with van der Waals surface area (Å²) in [7, 11) is 1.32. The minimum absolute atomic E-state index is 0.0288. The van der Waals surface area contributed by atoms with Crippen molar-refractivity contribution in [1.82, 2.24) is 0 Å². The summed E-state index contributed by atoms with van der Waals surface area (Å²) in [6.45, 7) is 7.01. The van der Waals surface area contributed by atoms with Crippen molar-refractivity contribution in [2.75, 3.05) is 7.11 Å². The van der Waals surface area contributed by atoms with Gasteiger partial charge in [-0.15, -0.1) is 0 Å². The van der Waals surface area contributed by atoms with Crippen LogP contribution in [-0.2, 0) is 0 Å². The van der Waals surface area contributed by atoms with E-state index in [4.69, 9.17) is 16.0 Å². The van der Waals surface area contributed by atoms with Crippen molar-refractivity contribution >= 4 is 0 Å². The van der Waals surface area contributed by atoms with Gasteiger partial charge < -0.3 is 19.4 Å². The summed E-state index contributed by atoms with van der Waals surface area (Å²) in [6, 6.07) is 1.26. The molecule has 3 atom stereocenters. The Hall–Kier alpha value is -1.87. The number of rotatable bonds is 3. The summed E-state index contributed by atoms with van der Waals surface area (Å²) in [5.41, 5.74) is 0. The lowest BCUT2D eigenvalue weighted by Gasteiger charge is -2.29. The molecule has 1 aliphatic rings. The maximum Gasteiger partial charge on any atom is 0.252 e. The number of aliphatic hydroxyl groups excluding tert-OH is 1. The summed E-state index contributed by atoms with van der Waals surface area (Å²) < 4.78 is 36.9. The number of hydrogen-bond acceptors (Lipinski definition) is 3. The summed E-state index contributed by atoms with van der Waals surface area (Å²) in [6.07, 6.45) is 0.330. The second-order valence-corrected chi connectivity index (χ2v) is 4.69. The van der Waals surface area contributed by atoms with E-state index < -0.39 is 29.9 Å². The highest BCUT2D eigenvalue weighted by Gasteiger charge is 2.38. The van der Waals surface area contributed by atoms with Crippen LogP contribution in [0.2, 0.25) is 0 Å². The molecule has 2 rings (SSSR count). The summed E-state index contributed by atoms with van der Waals surface area (Å²) in [4.78, 5) is 3.35. The molecule has 4 nitrogen and oxygen atoms in total. The van der Waals surface area contributed by atoms with E-state index in [1.165, 1.54) is 7.11 Å². The minimum Gasteiger partial charge on any atom is -0.493 e. The molecule has 0 aromatic heterocycles. The van der Waals surface area contributed by atoms with Gasteiger partial charge in [0.05, 0.1) is 7.11 Å². The van der Waals surface area contributed by atoms with Crippen molar-refractivity contribution in [1.29, 1.82) is 0 Å². The summed E-state index contributed by atoms with van der Waals surface area (Å²) >= 11 is 0. The third-order valence-electron chi connectivity index (χ3n) is 3.41. The maximum atomic E-state index is 13.3.